The molecule has 2 aliphatic rings. The molecule has 0 atom stereocenters. The Balaban J connectivity index is 0.000000924. The zero-order valence-electron chi connectivity index (χ0n) is 31.5. The molecule has 6 N–H and O–H groups in total. The van der Waals surface area contributed by atoms with E-state index in [0.717, 1.165) is 74.6 Å². The van der Waals surface area contributed by atoms with Gasteiger partial charge in [0.1, 0.15) is 0 Å². The Bertz CT molecular complexity index is 1570. The number of hydrogen-bond donors (Lipinski definition) is 4. The molecule has 0 radical (unpaired) electrons. The molecule has 0 unspecified atom stereocenters. The SMILES string of the molecule is ClCCl.ClCCl.N=C(N1CCCCC1)N(C(N)=Nc1ccccc1)c1ccccc1.N=C(N1CCCCC1)N(C(N)=Nc1ccccc1)c1ccccc1.[Cl-].[Cl-].[Pt+2]. The predicted molar refractivity (Wildman–Crippen MR) is 233 cm³/mol. The van der Waals surface area contributed by atoms with Crippen LogP contribution in [0.15, 0.2) is 131 Å². The second-order valence-corrected chi connectivity index (χ2v) is 13.5. The van der Waals surface area contributed by atoms with E-state index in [4.69, 9.17) is 68.7 Å². The Morgan fingerprint density at radius 3 is 1.00 bits per heavy atom. The number of likely N-dealkylation sites (tertiary alicyclic amines) is 2. The second-order valence-electron chi connectivity index (χ2n) is 11.9. The van der Waals surface area contributed by atoms with Gasteiger partial charge in [0.2, 0.25) is 23.8 Å². The van der Waals surface area contributed by atoms with Crippen molar-refractivity contribution in [2.24, 2.45) is 21.5 Å². The standard InChI is InChI=1S/2C19H23N5.2CH2Cl2.2ClH.Pt/c2*20-18(22-16-10-4-1-5-11-16)24(17-12-6-2-7-13-17)19(21)23-14-8-3-9-15-23;2*2-1-3;;;/h2*1-2,4-7,10-13,21H,3,8-9,14-15H2,(H2,20,22);2*1H2;2*1H;/q;;;;;;+2/p-2. The summed E-state index contributed by atoms with van der Waals surface area (Å²) < 4.78 is 0. The van der Waals surface area contributed by atoms with E-state index in [0.29, 0.717) is 23.8 Å². The molecule has 0 bridgehead atoms. The van der Waals surface area contributed by atoms with Gasteiger partial charge in [0.05, 0.1) is 33.4 Å². The summed E-state index contributed by atoms with van der Waals surface area (Å²) in [6, 6.07) is 38.7. The van der Waals surface area contributed by atoms with Gasteiger partial charge in [-0.15, -0.1) is 46.4 Å². The fraction of sp³-hybridized carbons (Fsp3) is 0.300. The van der Waals surface area contributed by atoms with Gasteiger partial charge in [-0.05, 0) is 87.1 Å². The minimum atomic E-state index is 0. The van der Waals surface area contributed by atoms with Crippen molar-refractivity contribution in [1.82, 2.24) is 9.80 Å². The van der Waals surface area contributed by atoms with E-state index in [1.165, 1.54) is 12.8 Å². The Kier molecular flexibility index (Phi) is 30.0. The first-order chi connectivity index (χ1) is 26.3. The molecule has 312 valence electrons. The number of aliphatic imine (C=N–C) groups is 2. The van der Waals surface area contributed by atoms with Crippen LogP contribution in [0, 0.1) is 10.8 Å². The molecule has 57 heavy (non-hydrogen) atoms. The Morgan fingerprint density at radius 2 is 0.737 bits per heavy atom. The van der Waals surface area contributed by atoms with Crippen LogP contribution in [0.3, 0.4) is 0 Å². The number of anilines is 2. The van der Waals surface area contributed by atoms with Gasteiger partial charge in [0.25, 0.3) is 0 Å². The van der Waals surface area contributed by atoms with Crippen LogP contribution in [-0.4, -0.2) is 70.5 Å². The number of para-hydroxylation sites is 4. The minimum Gasteiger partial charge on any atom is -1.00 e. The molecule has 10 nitrogen and oxygen atoms in total. The molecule has 2 aliphatic heterocycles. The first-order valence-electron chi connectivity index (χ1n) is 17.7. The summed E-state index contributed by atoms with van der Waals surface area (Å²) in [5.74, 6) is 1.39. The molecule has 0 aromatic heterocycles. The molecule has 2 saturated heterocycles. The summed E-state index contributed by atoms with van der Waals surface area (Å²) in [6.45, 7) is 3.56. The second kappa shape index (κ2) is 31.7. The van der Waals surface area contributed by atoms with Gasteiger partial charge >= 0.3 is 21.1 Å². The topological polar surface area (TPSA) is 137 Å². The maximum absolute atomic E-state index is 8.67. The first kappa shape index (κ1) is 53.8. The third kappa shape index (κ3) is 18.9. The number of benzene rings is 4. The van der Waals surface area contributed by atoms with E-state index in [2.05, 4.69) is 19.8 Å². The number of nitrogens with two attached hydrogens (primary N) is 2. The molecular formula is C40H50Cl6N10Pt. The van der Waals surface area contributed by atoms with Crippen molar-refractivity contribution in [3.63, 3.8) is 0 Å². The quantitative estimate of drug-likeness (QED) is 0.139. The van der Waals surface area contributed by atoms with E-state index < -0.39 is 0 Å². The summed E-state index contributed by atoms with van der Waals surface area (Å²) in [6.07, 6.45) is 6.90. The third-order valence-corrected chi connectivity index (χ3v) is 8.22. The monoisotopic (exact) mass is 1080 g/mol. The summed E-state index contributed by atoms with van der Waals surface area (Å²) in [4.78, 5) is 16.6. The first-order valence-corrected chi connectivity index (χ1v) is 19.9. The summed E-state index contributed by atoms with van der Waals surface area (Å²) in [7, 11) is 0. The third-order valence-electron chi connectivity index (χ3n) is 8.22. The van der Waals surface area contributed by atoms with E-state index in [1.807, 2.05) is 121 Å². The number of halogens is 6. The van der Waals surface area contributed by atoms with Gasteiger partial charge < -0.3 is 46.1 Å². The summed E-state index contributed by atoms with van der Waals surface area (Å²) in [5, 5.41) is 17.7. The largest absolute Gasteiger partial charge is 2.00 e. The van der Waals surface area contributed by atoms with E-state index in [-0.39, 0.29) is 56.6 Å². The van der Waals surface area contributed by atoms with Gasteiger partial charge in [0, 0.05) is 26.2 Å². The van der Waals surface area contributed by atoms with E-state index in [1.54, 1.807) is 9.80 Å². The normalized spacial score (nSPS) is 13.4. The number of piperidine rings is 2. The molecular weight excluding hydrogens is 1030 g/mol. The average molecular weight is 1080 g/mol. The summed E-state index contributed by atoms with van der Waals surface area (Å²) >= 11 is 19.1. The van der Waals surface area contributed by atoms with Crippen LogP contribution >= 0.6 is 46.4 Å². The van der Waals surface area contributed by atoms with Crippen molar-refractivity contribution in [2.45, 2.75) is 38.5 Å². The van der Waals surface area contributed by atoms with Crippen molar-refractivity contribution in [2.75, 3.05) is 46.7 Å². The smallest absolute Gasteiger partial charge is 1.00 e. The number of nitrogens with zero attached hydrogens (tertiary/aromatic N) is 6. The van der Waals surface area contributed by atoms with Gasteiger partial charge in [-0.3, -0.25) is 20.6 Å². The molecule has 2 heterocycles. The molecule has 0 aliphatic carbocycles. The van der Waals surface area contributed by atoms with Crippen molar-refractivity contribution in [3.8, 4) is 0 Å². The van der Waals surface area contributed by atoms with Crippen LogP contribution in [0.5, 0.6) is 0 Å². The number of alkyl halides is 4. The van der Waals surface area contributed by atoms with Gasteiger partial charge in [-0.1, -0.05) is 72.8 Å². The Labute approximate surface area is 384 Å². The van der Waals surface area contributed by atoms with E-state index in [9.17, 15) is 0 Å². The van der Waals surface area contributed by atoms with E-state index >= 15 is 0 Å². The number of guanidine groups is 4. The van der Waals surface area contributed by atoms with Crippen LogP contribution in [0.25, 0.3) is 0 Å². The fourth-order valence-electron chi connectivity index (χ4n) is 5.74. The Hall–Kier alpha value is -3.21. The molecule has 6 rings (SSSR count). The van der Waals surface area contributed by atoms with Crippen molar-refractivity contribution >= 4 is 93.0 Å². The van der Waals surface area contributed by atoms with Crippen molar-refractivity contribution in [1.29, 1.82) is 10.8 Å². The van der Waals surface area contributed by atoms with Gasteiger partial charge in [0.15, 0.2) is 0 Å². The number of nitrogens with one attached hydrogen (secondary N) is 2. The van der Waals surface area contributed by atoms with Crippen molar-refractivity contribution in [3.05, 3.63) is 121 Å². The van der Waals surface area contributed by atoms with Gasteiger partial charge in [-0.25, -0.2) is 9.98 Å². The molecule has 17 heteroatoms. The van der Waals surface area contributed by atoms with Crippen LogP contribution in [0.1, 0.15) is 38.5 Å². The summed E-state index contributed by atoms with van der Waals surface area (Å²) in [5.41, 5.74) is 15.9. The number of rotatable bonds is 4. The van der Waals surface area contributed by atoms with Crippen molar-refractivity contribution < 1.29 is 45.9 Å². The zero-order chi connectivity index (χ0) is 39.0. The van der Waals surface area contributed by atoms with Gasteiger partial charge in [-0.2, -0.15) is 0 Å². The van der Waals surface area contributed by atoms with Crippen LogP contribution in [0.4, 0.5) is 22.7 Å². The molecule has 4 aromatic rings. The predicted octanol–water partition coefficient (Wildman–Crippen LogP) is 3.97. The minimum absolute atomic E-state index is 0. The molecule has 0 amide bonds. The zero-order valence-corrected chi connectivity index (χ0v) is 38.3. The average Bonchev–Trinajstić information content (AvgIpc) is 3.21. The molecule has 0 saturated carbocycles. The fourth-order valence-corrected chi connectivity index (χ4v) is 5.74. The van der Waals surface area contributed by atoms with Crippen LogP contribution in [-0.2, 0) is 21.1 Å². The maximum Gasteiger partial charge on any atom is 2.00 e. The number of hydrogen-bond acceptors (Lipinski definition) is 4. The molecule has 4 aromatic carbocycles. The van der Waals surface area contributed by atoms with Crippen LogP contribution in [0.2, 0.25) is 0 Å². The maximum atomic E-state index is 8.67. The Morgan fingerprint density at radius 1 is 0.491 bits per heavy atom. The molecule has 0 spiro atoms. The molecule has 2 fully saturated rings. The van der Waals surface area contributed by atoms with Crippen LogP contribution < -0.4 is 46.1 Å².